The van der Waals surface area contributed by atoms with Gasteiger partial charge in [-0.2, -0.15) is 5.10 Å². The van der Waals surface area contributed by atoms with Gasteiger partial charge >= 0.3 is 0 Å². The van der Waals surface area contributed by atoms with Crippen LogP contribution in [0.15, 0.2) is 12.4 Å². The Bertz CT molecular complexity index is 558. The van der Waals surface area contributed by atoms with Crippen molar-refractivity contribution in [2.45, 2.75) is 39.3 Å². The Hall–Kier alpha value is -1.69. The lowest BCUT2D eigenvalue weighted by Gasteiger charge is -2.27. The fourth-order valence-electron chi connectivity index (χ4n) is 2.91. The van der Waals surface area contributed by atoms with Crippen LogP contribution in [0.4, 0.5) is 0 Å². The van der Waals surface area contributed by atoms with Crippen LogP contribution in [-0.4, -0.2) is 43.2 Å². The molecule has 3 heterocycles. The van der Waals surface area contributed by atoms with E-state index in [0.717, 1.165) is 44.1 Å². The summed E-state index contributed by atoms with van der Waals surface area (Å²) >= 11 is 0. The normalized spacial score (nSPS) is 18.4. The van der Waals surface area contributed by atoms with Crippen LogP contribution in [0, 0.1) is 5.92 Å². The molecule has 2 aromatic heterocycles. The molecule has 1 atom stereocenters. The first-order valence-electron chi connectivity index (χ1n) is 7.33. The van der Waals surface area contributed by atoms with Crippen molar-refractivity contribution in [2.75, 3.05) is 13.6 Å². The Morgan fingerprint density at radius 2 is 2.40 bits per heavy atom. The van der Waals surface area contributed by atoms with E-state index in [1.165, 1.54) is 12.2 Å². The van der Waals surface area contributed by atoms with Gasteiger partial charge in [0.2, 0.25) is 0 Å². The average Bonchev–Trinajstić information content (AvgIpc) is 3.06. The van der Waals surface area contributed by atoms with Crippen LogP contribution >= 0.6 is 0 Å². The molecule has 6 nitrogen and oxygen atoms in total. The van der Waals surface area contributed by atoms with Gasteiger partial charge in [0.05, 0.1) is 6.54 Å². The zero-order chi connectivity index (χ0) is 13.9. The molecule has 0 fully saturated rings. The summed E-state index contributed by atoms with van der Waals surface area (Å²) in [6, 6.07) is 0. The number of nitrogens with zero attached hydrogens (tertiary/aromatic N) is 5. The number of aromatic amines is 1. The quantitative estimate of drug-likeness (QED) is 0.891. The van der Waals surface area contributed by atoms with E-state index in [1.807, 2.05) is 6.20 Å². The molecule has 0 aliphatic carbocycles. The van der Waals surface area contributed by atoms with Gasteiger partial charge in [-0.3, -0.25) is 10.00 Å². The molecule has 1 aliphatic heterocycles. The highest BCUT2D eigenvalue weighted by Gasteiger charge is 2.20. The minimum absolute atomic E-state index is 0.690. The lowest BCUT2D eigenvalue weighted by Crippen LogP contribution is -2.31. The van der Waals surface area contributed by atoms with E-state index in [0.29, 0.717) is 5.92 Å². The van der Waals surface area contributed by atoms with E-state index >= 15 is 0 Å². The van der Waals surface area contributed by atoms with E-state index in [4.69, 9.17) is 0 Å². The van der Waals surface area contributed by atoms with Crippen LogP contribution in [-0.2, 0) is 25.9 Å². The molecule has 0 unspecified atom stereocenters. The second-order valence-electron chi connectivity index (χ2n) is 5.65. The van der Waals surface area contributed by atoms with E-state index in [1.54, 1.807) is 0 Å². The van der Waals surface area contributed by atoms with Gasteiger partial charge in [-0.1, -0.05) is 6.92 Å². The molecule has 0 saturated heterocycles. The SMILES string of the molecule is CCc1n[nH]c(CN(C)C[C@H]2CCc3nccn3C2)n1. The minimum Gasteiger partial charge on any atom is -0.335 e. The molecule has 3 rings (SSSR count). The van der Waals surface area contributed by atoms with Gasteiger partial charge < -0.3 is 4.57 Å². The molecule has 20 heavy (non-hydrogen) atoms. The second-order valence-corrected chi connectivity index (χ2v) is 5.65. The van der Waals surface area contributed by atoms with Crippen LogP contribution in [0.25, 0.3) is 0 Å². The van der Waals surface area contributed by atoms with Crippen molar-refractivity contribution < 1.29 is 0 Å². The second kappa shape index (κ2) is 5.75. The number of nitrogens with one attached hydrogen (secondary N) is 1. The summed E-state index contributed by atoms with van der Waals surface area (Å²) in [7, 11) is 2.15. The Morgan fingerprint density at radius 1 is 1.50 bits per heavy atom. The summed E-state index contributed by atoms with van der Waals surface area (Å²) in [5.41, 5.74) is 0. The highest BCUT2D eigenvalue weighted by atomic mass is 15.2. The molecule has 6 heteroatoms. The molecular weight excluding hydrogens is 252 g/mol. The van der Waals surface area contributed by atoms with Gasteiger partial charge in [-0.05, 0) is 19.4 Å². The maximum Gasteiger partial charge on any atom is 0.150 e. The van der Waals surface area contributed by atoms with Crippen molar-refractivity contribution in [1.29, 1.82) is 0 Å². The number of aryl methyl sites for hydroxylation is 2. The van der Waals surface area contributed by atoms with Crippen molar-refractivity contribution >= 4 is 0 Å². The molecule has 1 aliphatic rings. The number of aromatic nitrogens is 5. The van der Waals surface area contributed by atoms with Crippen LogP contribution in [0.5, 0.6) is 0 Å². The molecular formula is C14H22N6. The zero-order valence-corrected chi connectivity index (χ0v) is 12.2. The van der Waals surface area contributed by atoms with Crippen molar-refractivity contribution in [2.24, 2.45) is 5.92 Å². The molecule has 0 bridgehead atoms. The van der Waals surface area contributed by atoms with E-state index in [-0.39, 0.29) is 0 Å². The lowest BCUT2D eigenvalue weighted by molar-refractivity contribution is 0.225. The van der Waals surface area contributed by atoms with Crippen LogP contribution < -0.4 is 0 Å². The molecule has 0 amide bonds. The predicted molar refractivity (Wildman–Crippen MR) is 76.1 cm³/mol. The first-order chi connectivity index (χ1) is 9.74. The lowest BCUT2D eigenvalue weighted by atomic mass is 9.99. The maximum absolute atomic E-state index is 4.47. The van der Waals surface area contributed by atoms with Crippen molar-refractivity contribution in [1.82, 2.24) is 29.6 Å². The third-order valence-corrected chi connectivity index (χ3v) is 3.92. The van der Waals surface area contributed by atoms with Crippen molar-refractivity contribution in [3.63, 3.8) is 0 Å². The van der Waals surface area contributed by atoms with Gasteiger partial charge in [0.15, 0.2) is 0 Å². The van der Waals surface area contributed by atoms with Gasteiger partial charge in [-0.15, -0.1) is 0 Å². The zero-order valence-electron chi connectivity index (χ0n) is 12.2. The Balaban J connectivity index is 1.53. The largest absolute Gasteiger partial charge is 0.335 e. The Labute approximate surface area is 119 Å². The maximum atomic E-state index is 4.47. The van der Waals surface area contributed by atoms with E-state index in [2.05, 4.69) is 49.8 Å². The summed E-state index contributed by atoms with van der Waals surface area (Å²) in [5.74, 6) is 3.78. The average molecular weight is 274 g/mol. The standard InChI is InChI=1S/C14H22N6/c1-3-12-16-13(18-17-12)10-19(2)8-11-4-5-14-15-6-7-20(14)9-11/h6-7,11H,3-5,8-10H2,1-2H3,(H,16,17,18)/t11-/m1/s1. The molecule has 0 spiro atoms. The van der Waals surface area contributed by atoms with Gasteiger partial charge in [0.25, 0.3) is 0 Å². The van der Waals surface area contributed by atoms with Crippen LogP contribution in [0.2, 0.25) is 0 Å². The number of hydrogen-bond acceptors (Lipinski definition) is 4. The van der Waals surface area contributed by atoms with Crippen LogP contribution in [0.1, 0.15) is 30.8 Å². The smallest absolute Gasteiger partial charge is 0.150 e. The third kappa shape index (κ3) is 2.90. The minimum atomic E-state index is 0.690. The third-order valence-electron chi connectivity index (χ3n) is 3.92. The first-order valence-corrected chi connectivity index (χ1v) is 7.33. The summed E-state index contributed by atoms with van der Waals surface area (Å²) < 4.78 is 2.28. The number of fused-ring (bicyclic) bond motifs is 1. The first kappa shape index (κ1) is 13.3. The van der Waals surface area contributed by atoms with Gasteiger partial charge in [0, 0.05) is 38.3 Å². The summed E-state index contributed by atoms with van der Waals surface area (Å²) in [6.45, 7) is 5.07. The molecule has 108 valence electrons. The number of hydrogen-bond donors (Lipinski definition) is 1. The molecule has 1 N–H and O–H groups in total. The van der Waals surface area contributed by atoms with Gasteiger partial charge in [-0.25, -0.2) is 9.97 Å². The van der Waals surface area contributed by atoms with Crippen LogP contribution in [0.3, 0.4) is 0 Å². The molecule has 0 radical (unpaired) electrons. The van der Waals surface area contributed by atoms with Gasteiger partial charge in [0.1, 0.15) is 17.5 Å². The number of rotatable bonds is 5. The predicted octanol–water partition coefficient (Wildman–Crippen LogP) is 1.26. The van der Waals surface area contributed by atoms with Crippen molar-refractivity contribution in [3.8, 4) is 0 Å². The Morgan fingerprint density at radius 3 is 3.20 bits per heavy atom. The highest BCUT2D eigenvalue weighted by Crippen LogP contribution is 2.19. The summed E-state index contributed by atoms with van der Waals surface area (Å²) in [5, 5.41) is 7.20. The van der Waals surface area contributed by atoms with E-state index < -0.39 is 0 Å². The topological polar surface area (TPSA) is 62.6 Å². The monoisotopic (exact) mass is 274 g/mol. The summed E-state index contributed by atoms with van der Waals surface area (Å²) in [4.78, 5) is 11.2. The highest BCUT2D eigenvalue weighted by molar-refractivity contribution is 4.97. The number of H-pyrrole nitrogens is 1. The Kier molecular flexibility index (Phi) is 3.82. The molecule has 0 aromatic carbocycles. The fraction of sp³-hybridized carbons (Fsp3) is 0.643. The van der Waals surface area contributed by atoms with E-state index in [9.17, 15) is 0 Å². The molecule has 2 aromatic rings. The molecule has 0 saturated carbocycles. The number of imidazole rings is 1. The fourth-order valence-corrected chi connectivity index (χ4v) is 2.91. The summed E-state index contributed by atoms with van der Waals surface area (Å²) in [6.07, 6.45) is 7.19. The van der Waals surface area contributed by atoms with Crippen molar-refractivity contribution in [3.05, 3.63) is 29.9 Å².